The Hall–Kier alpha value is -2.99. The van der Waals surface area contributed by atoms with E-state index in [0.29, 0.717) is 10.6 Å². The number of aryl methyl sites for hydroxylation is 1. The van der Waals surface area contributed by atoms with Crippen molar-refractivity contribution in [1.29, 1.82) is 0 Å². The lowest BCUT2D eigenvalue weighted by atomic mass is 10.2. The highest BCUT2D eigenvalue weighted by molar-refractivity contribution is 6.30. The molecule has 2 aromatic carbocycles. The van der Waals surface area contributed by atoms with E-state index in [4.69, 9.17) is 17.3 Å². The number of carbonyl (C=O) groups excluding carboxylic acids is 1. The van der Waals surface area contributed by atoms with Crippen molar-refractivity contribution in [1.82, 2.24) is 15.3 Å². The first kappa shape index (κ1) is 15.9. The maximum atomic E-state index is 12.1. The summed E-state index contributed by atoms with van der Waals surface area (Å²) in [5, 5.41) is 3.99. The lowest BCUT2D eigenvalue weighted by Gasteiger charge is -2.05. The standard InChI is InChI=1S/C17H14ClN5O/c1-10-13-4-2-3-5-14(13)21-17(20-10)23-16(19)22-15(24)11-6-8-12(18)9-7-11/h2-9H,1H3,(H3,19,20,21,22,23,24). The molecule has 120 valence electrons. The average molecular weight is 340 g/mol. The van der Waals surface area contributed by atoms with Gasteiger partial charge in [-0.25, -0.2) is 9.97 Å². The summed E-state index contributed by atoms with van der Waals surface area (Å²) in [6.07, 6.45) is 0. The van der Waals surface area contributed by atoms with Crippen molar-refractivity contribution >= 4 is 40.3 Å². The highest BCUT2D eigenvalue weighted by Crippen LogP contribution is 2.17. The molecule has 1 amide bonds. The van der Waals surface area contributed by atoms with Crippen LogP contribution in [0.1, 0.15) is 16.1 Å². The fraction of sp³-hybridized carbons (Fsp3) is 0.0588. The van der Waals surface area contributed by atoms with Gasteiger partial charge in [0.25, 0.3) is 11.9 Å². The monoisotopic (exact) mass is 339 g/mol. The SMILES string of the molecule is Cc1nc(/N=C(\N)NC(=O)c2ccc(Cl)cc2)nc2ccccc12. The minimum Gasteiger partial charge on any atom is -0.369 e. The molecule has 0 fully saturated rings. The topological polar surface area (TPSA) is 93.3 Å². The van der Waals surface area contributed by atoms with Gasteiger partial charge in [-0.15, -0.1) is 0 Å². The van der Waals surface area contributed by atoms with Crippen LogP contribution in [0.5, 0.6) is 0 Å². The normalized spacial score (nSPS) is 11.5. The molecule has 3 N–H and O–H groups in total. The number of benzene rings is 2. The number of aliphatic imine (C=N–C) groups is 1. The number of guanidine groups is 1. The van der Waals surface area contributed by atoms with Gasteiger partial charge in [-0.05, 0) is 37.3 Å². The first-order chi connectivity index (χ1) is 11.5. The number of hydrogen-bond donors (Lipinski definition) is 2. The molecule has 0 aliphatic heterocycles. The van der Waals surface area contributed by atoms with E-state index < -0.39 is 0 Å². The quantitative estimate of drug-likeness (QED) is 0.554. The molecular weight excluding hydrogens is 326 g/mol. The third kappa shape index (κ3) is 3.49. The van der Waals surface area contributed by atoms with Gasteiger partial charge in [0.15, 0.2) is 0 Å². The van der Waals surface area contributed by atoms with Gasteiger partial charge in [-0.2, -0.15) is 4.99 Å². The van der Waals surface area contributed by atoms with Crippen molar-refractivity contribution < 1.29 is 4.79 Å². The second kappa shape index (κ2) is 6.64. The first-order valence-electron chi connectivity index (χ1n) is 7.17. The summed E-state index contributed by atoms with van der Waals surface area (Å²) in [6.45, 7) is 1.87. The summed E-state index contributed by atoms with van der Waals surface area (Å²) < 4.78 is 0. The maximum absolute atomic E-state index is 12.1. The molecule has 0 unspecified atom stereocenters. The Morgan fingerprint density at radius 3 is 2.58 bits per heavy atom. The molecule has 0 aliphatic rings. The Morgan fingerprint density at radius 1 is 1.12 bits per heavy atom. The molecule has 0 spiro atoms. The Bertz CT molecular complexity index is 937. The van der Waals surface area contributed by atoms with E-state index in [1.165, 1.54) is 0 Å². The van der Waals surface area contributed by atoms with E-state index in [2.05, 4.69) is 20.3 Å². The number of rotatable bonds is 2. The van der Waals surface area contributed by atoms with Crippen molar-refractivity contribution in [3.63, 3.8) is 0 Å². The van der Waals surface area contributed by atoms with Gasteiger partial charge in [0.05, 0.1) is 11.2 Å². The number of hydrogen-bond acceptors (Lipinski definition) is 4. The molecule has 1 heterocycles. The fourth-order valence-electron chi connectivity index (χ4n) is 2.20. The Kier molecular flexibility index (Phi) is 4.39. The summed E-state index contributed by atoms with van der Waals surface area (Å²) in [4.78, 5) is 24.8. The molecule has 0 radical (unpaired) electrons. The Balaban J connectivity index is 1.83. The van der Waals surface area contributed by atoms with E-state index in [1.807, 2.05) is 31.2 Å². The number of carbonyl (C=O) groups is 1. The summed E-state index contributed by atoms with van der Waals surface area (Å²) in [5.74, 6) is -0.268. The molecule has 6 nitrogen and oxygen atoms in total. The molecule has 1 aromatic heterocycles. The van der Waals surface area contributed by atoms with Crippen molar-refractivity contribution in [2.45, 2.75) is 6.92 Å². The van der Waals surface area contributed by atoms with Gasteiger partial charge in [0.1, 0.15) is 0 Å². The maximum Gasteiger partial charge on any atom is 0.257 e. The van der Waals surface area contributed by atoms with Crippen molar-refractivity contribution in [2.24, 2.45) is 10.7 Å². The number of aromatic nitrogens is 2. The zero-order valence-electron chi connectivity index (χ0n) is 12.8. The number of nitrogens with one attached hydrogen (secondary N) is 1. The summed E-state index contributed by atoms with van der Waals surface area (Å²) in [5.41, 5.74) is 7.76. The highest BCUT2D eigenvalue weighted by atomic mass is 35.5. The minimum atomic E-state index is -0.384. The third-order valence-electron chi connectivity index (χ3n) is 3.35. The molecule has 0 saturated carbocycles. The molecule has 24 heavy (non-hydrogen) atoms. The van der Waals surface area contributed by atoms with Gasteiger partial charge in [-0.1, -0.05) is 29.8 Å². The van der Waals surface area contributed by atoms with Gasteiger partial charge in [-0.3, -0.25) is 10.1 Å². The summed E-state index contributed by atoms with van der Waals surface area (Å²) in [6, 6.07) is 14.0. The number of para-hydroxylation sites is 1. The van der Waals surface area contributed by atoms with Crippen LogP contribution in [-0.2, 0) is 0 Å². The molecule has 3 rings (SSSR count). The van der Waals surface area contributed by atoms with E-state index >= 15 is 0 Å². The second-order valence-corrected chi connectivity index (χ2v) is 5.52. The number of halogens is 1. The summed E-state index contributed by atoms with van der Waals surface area (Å²) in [7, 11) is 0. The number of nitrogens with two attached hydrogens (primary N) is 1. The van der Waals surface area contributed by atoms with Crippen LogP contribution < -0.4 is 11.1 Å². The lowest BCUT2D eigenvalue weighted by molar-refractivity contribution is 0.0976. The zero-order valence-corrected chi connectivity index (χ0v) is 13.6. The van der Waals surface area contributed by atoms with Crippen LogP contribution in [0, 0.1) is 6.92 Å². The molecule has 0 saturated heterocycles. The zero-order chi connectivity index (χ0) is 17.1. The van der Waals surface area contributed by atoms with Gasteiger partial charge < -0.3 is 5.73 Å². The van der Waals surface area contributed by atoms with Crippen molar-refractivity contribution in [3.8, 4) is 0 Å². The Labute approximate surface area is 143 Å². The summed E-state index contributed by atoms with van der Waals surface area (Å²) >= 11 is 5.80. The van der Waals surface area contributed by atoms with Crippen molar-refractivity contribution in [3.05, 3.63) is 64.8 Å². The molecule has 0 atom stereocenters. The van der Waals surface area contributed by atoms with Gasteiger partial charge in [0, 0.05) is 16.0 Å². The molecular formula is C17H14ClN5O. The molecule has 0 aliphatic carbocycles. The average Bonchev–Trinajstić information content (AvgIpc) is 2.55. The minimum absolute atomic E-state index is 0.0790. The molecule has 3 aromatic rings. The first-order valence-corrected chi connectivity index (χ1v) is 7.55. The Morgan fingerprint density at radius 2 is 1.83 bits per heavy atom. The van der Waals surface area contributed by atoms with Crippen LogP contribution in [0.15, 0.2) is 53.5 Å². The highest BCUT2D eigenvalue weighted by Gasteiger charge is 2.08. The third-order valence-corrected chi connectivity index (χ3v) is 3.60. The van der Waals surface area contributed by atoms with Crippen LogP contribution in [0.2, 0.25) is 5.02 Å². The van der Waals surface area contributed by atoms with Crippen LogP contribution in [0.3, 0.4) is 0 Å². The van der Waals surface area contributed by atoms with Crippen molar-refractivity contribution in [2.75, 3.05) is 0 Å². The largest absolute Gasteiger partial charge is 0.369 e. The predicted molar refractivity (Wildman–Crippen MR) is 94.5 cm³/mol. The number of fused-ring (bicyclic) bond motifs is 1. The van der Waals surface area contributed by atoms with Crippen LogP contribution in [0.25, 0.3) is 10.9 Å². The van der Waals surface area contributed by atoms with Crippen LogP contribution in [0.4, 0.5) is 5.95 Å². The smallest absolute Gasteiger partial charge is 0.257 e. The fourth-order valence-corrected chi connectivity index (χ4v) is 2.32. The molecule has 0 bridgehead atoms. The lowest BCUT2D eigenvalue weighted by Crippen LogP contribution is -2.36. The number of amides is 1. The van der Waals surface area contributed by atoms with E-state index in [9.17, 15) is 4.79 Å². The molecule has 7 heteroatoms. The predicted octanol–water partition coefficient (Wildman–Crippen LogP) is 2.97. The second-order valence-electron chi connectivity index (χ2n) is 5.08. The van der Waals surface area contributed by atoms with Gasteiger partial charge in [0.2, 0.25) is 5.96 Å². The van der Waals surface area contributed by atoms with E-state index in [1.54, 1.807) is 24.3 Å². The van der Waals surface area contributed by atoms with Gasteiger partial charge >= 0.3 is 0 Å². The van der Waals surface area contributed by atoms with Crippen LogP contribution in [-0.4, -0.2) is 21.8 Å². The van der Waals surface area contributed by atoms with E-state index in [0.717, 1.165) is 16.6 Å². The number of nitrogens with zero attached hydrogens (tertiary/aromatic N) is 3. The van der Waals surface area contributed by atoms with E-state index in [-0.39, 0.29) is 17.8 Å². The van der Waals surface area contributed by atoms with Crippen LogP contribution >= 0.6 is 11.6 Å².